The van der Waals surface area contributed by atoms with Gasteiger partial charge in [0.15, 0.2) is 11.6 Å². The summed E-state index contributed by atoms with van der Waals surface area (Å²) >= 11 is 0. The Bertz CT molecular complexity index is 600. The van der Waals surface area contributed by atoms with Crippen LogP contribution in [0.15, 0.2) is 24.8 Å². The summed E-state index contributed by atoms with van der Waals surface area (Å²) in [6.07, 6.45) is 9.04. The number of hydrogen-bond donors (Lipinski definition) is 0. The molecule has 4 heteroatoms. The maximum absolute atomic E-state index is 14.5. The van der Waals surface area contributed by atoms with Crippen LogP contribution >= 0.6 is 0 Å². The molecule has 1 aliphatic carbocycles. The fourth-order valence-electron chi connectivity index (χ4n) is 4.44. The van der Waals surface area contributed by atoms with E-state index in [1.807, 2.05) is 13.0 Å². The van der Waals surface area contributed by atoms with Crippen LogP contribution in [0, 0.1) is 23.5 Å². The summed E-state index contributed by atoms with van der Waals surface area (Å²) in [5.41, 5.74) is 0.511. The van der Waals surface area contributed by atoms with Crippen molar-refractivity contribution in [2.75, 3.05) is 13.2 Å². The number of rotatable bonds is 6. The highest BCUT2D eigenvalue weighted by molar-refractivity contribution is 5.33. The van der Waals surface area contributed by atoms with Gasteiger partial charge in [0.1, 0.15) is 0 Å². The van der Waals surface area contributed by atoms with E-state index in [2.05, 4.69) is 6.58 Å². The van der Waals surface area contributed by atoms with Crippen LogP contribution in [-0.2, 0) is 4.74 Å². The summed E-state index contributed by atoms with van der Waals surface area (Å²) in [6, 6.07) is 3.30. The molecule has 1 aliphatic heterocycles. The fraction of sp³-hybridized carbons (Fsp3) is 0.636. The smallest absolute Gasteiger partial charge is 0.200 e. The van der Waals surface area contributed by atoms with Crippen molar-refractivity contribution in [2.45, 2.75) is 63.9 Å². The average Bonchev–Trinajstić information content (AvgIpc) is 2.69. The second-order valence-corrected chi connectivity index (χ2v) is 7.69. The number of hydrogen-bond acceptors (Lipinski definition) is 2. The van der Waals surface area contributed by atoms with Crippen molar-refractivity contribution in [1.82, 2.24) is 0 Å². The molecule has 1 saturated carbocycles. The van der Waals surface area contributed by atoms with Crippen molar-refractivity contribution in [3.05, 3.63) is 42.0 Å². The van der Waals surface area contributed by atoms with Gasteiger partial charge in [-0.3, -0.25) is 0 Å². The molecule has 0 radical (unpaired) electrons. The van der Waals surface area contributed by atoms with Crippen molar-refractivity contribution in [3.8, 4) is 5.75 Å². The molecule has 144 valence electrons. The standard InChI is InChI=1S/C22H30F2O2/c1-3-13-25-20-12-11-19(21(23)22(20)24)16-7-5-15(6-8-16)17-9-10-18(4-2)26-14-17/h4,11-12,15-18H,2-3,5-10,13-14H2,1H3. The lowest BCUT2D eigenvalue weighted by Crippen LogP contribution is -2.31. The molecule has 1 aromatic carbocycles. The molecule has 2 unspecified atom stereocenters. The minimum Gasteiger partial charge on any atom is -0.490 e. The van der Waals surface area contributed by atoms with E-state index < -0.39 is 11.6 Å². The molecule has 2 atom stereocenters. The van der Waals surface area contributed by atoms with E-state index in [1.54, 1.807) is 12.1 Å². The first-order valence-corrected chi connectivity index (χ1v) is 9.98. The molecule has 1 saturated heterocycles. The summed E-state index contributed by atoms with van der Waals surface area (Å²) in [7, 11) is 0. The van der Waals surface area contributed by atoms with Crippen LogP contribution < -0.4 is 4.74 Å². The van der Waals surface area contributed by atoms with Crippen LogP contribution in [-0.4, -0.2) is 19.3 Å². The molecule has 1 aromatic rings. The van der Waals surface area contributed by atoms with E-state index in [1.165, 1.54) is 6.42 Å². The zero-order valence-corrected chi connectivity index (χ0v) is 15.7. The van der Waals surface area contributed by atoms with E-state index >= 15 is 0 Å². The lowest BCUT2D eigenvalue weighted by Gasteiger charge is -2.37. The van der Waals surface area contributed by atoms with Gasteiger partial charge in [0.05, 0.1) is 19.3 Å². The first kappa shape index (κ1) is 19.3. The maximum Gasteiger partial charge on any atom is 0.200 e. The highest BCUT2D eigenvalue weighted by Gasteiger charge is 2.32. The van der Waals surface area contributed by atoms with E-state index in [0.717, 1.165) is 45.1 Å². The Labute approximate surface area is 155 Å². The minimum atomic E-state index is -0.839. The summed E-state index contributed by atoms with van der Waals surface area (Å²) < 4.78 is 39.9. The predicted molar refractivity (Wildman–Crippen MR) is 99.5 cm³/mol. The van der Waals surface area contributed by atoms with Crippen LogP contribution in [0.3, 0.4) is 0 Å². The Kier molecular flexibility index (Phi) is 6.68. The second-order valence-electron chi connectivity index (χ2n) is 7.69. The van der Waals surface area contributed by atoms with E-state index in [-0.39, 0.29) is 17.8 Å². The molecule has 0 amide bonds. The molecule has 0 spiro atoms. The van der Waals surface area contributed by atoms with E-state index in [0.29, 0.717) is 24.0 Å². The molecule has 2 fully saturated rings. The second kappa shape index (κ2) is 8.98. The Morgan fingerprint density at radius 3 is 2.42 bits per heavy atom. The zero-order chi connectivity index (χ0) is 18.5. The monoisotopic (exact) mass is 364 g/mol. The normalized spacial score (nSPS) is 29.3. The van der Waals surface area contributed by atoms with E-state index in [4.69, 9.17) is 9.47 Å². The third-order valence-electron chi connectivity index (χ3n) is 6.03. The first-order valence-electron chi connectivity index (χ1n) is 9.98. The summed E-state index contributed by atoms with van der Waals surface area (Å²) in [5, 5.41) is 0. The number of ether oxygens (including phenoxy) is 2. The third-order valence-corrected chi connectivity index (χ3v) is 6.03. The Morgan fingerprint density at radius 2 is 1.81 bits per heavy atom. The Hall–Kier alpha value is -1.42. The Balaban J connectivity index is 1.58. The summed E-state index contributed by atoms with van der Waals surface area (Å²) in [4.78, 5) is 0. The molecule has 2 aliphatic rings. The van der Waals surface area contributed by atoms with Gasteiger partial charge in [-0.1, -0.05) is 19.1 Å². The van der Waals surface area contributed by atoms with Gasteiger partial charge in [0.25, 0.3) is 0 Å². The lowest BCUT2D eigenvalue weighted by molar-refractivity contribution is -0.0148. The third kappa shape index (κ3) is 4.28. The van der Waals surface area contributed by atoms with Crippen LogP contribution in [0.4, 0.5) is 8.78 Å². The maximum atomic E-state index is 14.5. The largest absolute Gasteiger partial charge is 0.490 e. The van der Waals surface area contributed by atoms with Gasteiger partial charge in [-0.05, 0) is 74.3 Å². The highest BCUT2D eigenvalue weighted by Crippen LogP contribution is 2.42. The topological polar surface area (TPSA) is 18.5 Å². The molecule has 0 bridgehead atoms. The van der Waals surface area contributed by atoms with Gasteiger partial charge in [0, 0.05) is 0 Å². The Morgan fingerprint density at radius 1 is 1.08 bits per heavy atom. The van der Waals surface area contributed by atoms with Crippen molar-refractivity contribution >= 4 is 0 Å². The fourth-order valence-corrected chi connectivity index (χ4v) is 4.44. The van der Waals surface area contributed by atoms with Gasteiger partial charge >= 0.3 is 0 Å². The van der Waals surface area contributed by atoms with Crippen molar-refractivity contribution in [3.63, 3.8) is 0 Å². The molecule has 26 heavy (non-hydrogen) atoms. The SMILES string of the molecule is C=CC1CCC(C2CCC(c3ccc(OCCC)c(F)c3F)CC2)CO1. The molecular formula is C22H30F2O2. The van der Waals surface area contributed by atoms with Crippen molar-refractivity contribution in [2.24, 2.45) is 11.8 Å². The minimum absolute atomic E-state index is 0.0258. The van der Waals surface area contributed by atoms with Crippen LogP contribution in [0.1, 0.15) is 63.4 Å². The quantitative estimate of drug-likeness (QED) is 0.576. The van der Waals surface area contributed by atoms with Crippen LogP contribution in [0.5, 0.6) is 5.75 Å². The molecular weight excluding hydrogens is 334 g/mol. The number of benzene rings is 1. The predicted octanol–water partition coefficient (Wildman–Crippen LogP) is 6.01. The van der Waals surface area contributed by atoms with Gasteiger partial charge < -0.3 is 9.47 Å². The molecule has 1 heterocycles. The van der Waals surface area contributed by atoms with Gasteiger partial charge in [-0.2, -0.15) is 4.39 Å². The molecule has 2 nitrogen and oxygen atoms in total. The molecule has 3 rings (SSSR count). The average molecular weight is 364 g/mol. The molecule has 0 N–H and O–H groups in total. The first-order chi connectivity index (χ1) is 12.6. The van der Waals surface area contributed by atoms with Gasteiger partial charge in [-0.25, -0.2) is 4.39 Å². The summed E-state index contributed by atoms with van der Waals surface area (Å²) in [5.74, 6) is -0.203. The molecule has 0 aromatic heterocycles. The number of halogens is 2. The van der Waals surface area contributed by atoms with Gasteiger partial charge in [-0.15, -0.1) is 6.58 Å². The zero-order valence-electron chi connectivity index (χ0n) is 15.7. The van der Waals surface area contributed by atoms with Gasteiger partial charge in [0.2, 0.25) is 5.82 Å². The van der Waals surface area contributed by atoms with Crippen LogP contribution in [0.2, 0.25) is 0 Å². The van der Waals surface area contributed by atoms with Crippen LogP contribution in [0.25, 0.3) is 0 Å². The summed E-state index contributed by atoms with van der Waals surface area (Å²) in [6.45, 7) is 6.95. The highest BCUT2D eigenvalue weighted by atomic mass is 19.2. The lowest BCUT2D eigenvalue weighted by atomic mass is 9.72. The van der Waals surface area contributed by atoms with Crippen molar-refractivity contribution in [1.29, 1.82) is 0 Å². The van der Waals surface area contributed by atoms with Crippen molar-refractivity contribution < 1.29 is 18.3 Å². The van der Waals surface area contributed by atoms with E-state index in [9.17, 15) is 8.78 Å².